The first-order chi connectivity index (χ1) is 6.63. The number of likely N-dealkylation sites (tertiary alicyclic amines) is 1. The Hall–Kier alpha value is -0.610. The highest BCUT2D eigenvalue weighted by Crippen LogP contribution is 2.28. The number of carbonyl (C=O) groups is 1. The molecule has 2 heterocycles. The number of piperidine rings is 1. The van der Waals surface area contributed by atoms with E-state index in [4.69, 9.17) is 10.5 Å². The number of nitrogens with two attached hydrogens (primary N) is 1. The van der Waals surface area contributed by atoms with Crippen molar-refractivity contribution in [1.29, 1.82) is 0 Å². The largest absolute Gasteiger partial charge is 0.379 e. The van der Waals surface area contributed by atoms with Crippen molar-refractivity contribution in [3.8, 4) is 0 Å². The van der Waals surface area contributed by atoms with Crippen molar-refractivity contribution in [3.63, 3.8) is 0 Å². The molecule has 14 heavy (non-hydrogen) atoms. The first kappa shape index (κ1) is 9.93. The van der Waals surface area contributed by atoms with Crippen LogP contribution in [0.15, 0.2) is 0 Å². The molecule has 4 heteroatoms. The van der Waals surface area contributed by atoms with Crippen LogP contribution in [-0.2, 0) is 9.53 Å². The molecule has 2 aliphatic heterocycles. The predicted octanol–water partition coefficient (Wildman–Crippen LogP) is 0.115. The van der Waals surface area contributed by atoms with Crippen LogP contribution in [0.25, 0.3) is 0 Å². The molecular formula is C10H18N2O2. The van der Waals surface area contributed by atoms with Gasteiger partial charge in [-0.1, -0.05) is 0 Å². The molecule has 0 bridgehead atoms. The van der Waals surface area contributed by atoms with Gasteiger partial charge in [0.25, 0.3) is 0 Å². The number of hydrogen-bond acceptors (Lipinski definition) is 3. The fourth-order valence-corrected chi connectivity index (χ4v) is 2.31. The third-order valence-corrected chi connectivity index (χ3v) is 3.33. The fraction of sp³-hybridized carbons (Fsp3) is 0.900. The summed E-state index contributed by atoms with van der Waals surface area (Å²) in [6.45, 7) is 4.35. The van der Waals surface area contributed by atoms with Gasteiger partial charge < -0.3 is 15.4 Å². The molecule has 1 amide bonds. The van der Waals surface area contributed by atoms with E-state index in [0.29, 0.717) is 6.61 Å². The highest BCUT2D eigenvalue weighted by molar-refractivity contribution is 5.83. The zero-order chi connectivity index (χ0) is 10.2. The summed E-state index contributed by atoms with van der Waals surface area (Å²) in [4.78, 5) is 13.8. The van der Waals surface area contributed by atoms with Gasteiger partial charge in [0.15, 0.2) is 0 Å². The molecule has 0 radical (unpaired) electrons. The average molecular weight is 198 g/mol. The van der Waals surface area contributed by atoms with Crippen molar-refractivity contribution in [3.05, 3.63) is 0 Å². The molecular weight excluding hydrogens is 180 g/mol. The highest BCUT2D eigenvalue weighted by Gasteiger charge is 2.41. The van der Waals surface area contributed by atoms with E-state index in [9.17, 15) is 4.79 Å². The molecule has 2 N–H and O–H groups in total. The molecule has 0 spiro atoms. The fourth-order valence-electron chi connectivity index (χ4n) is 2.31. The van der Waals surface area contributed by atoms with Crippen molar-refractivity contribution in [2.75, 3.05) is 19.8 Å². The minimum Gasteiger partial charge on any atom is -0.379 e. The van der Waals surface area contributed by atoms with E-state index in [1.54, 1.807) is 0 Å². The molecule has 2 fully saturated rings. The second kappa shape index (κ2) is 3.51. The van der Waals surface area contributed by atoms with Crippen molar-refractivity contribution in [1.82, 2.24) is 4.90 Å². The molecule has 2 unspecified atom stereocenters. The summed E-state index contributed by atoms with van der Waals surface area (Å²) < 4.78 is 5.36. The van der Waals surface area contributed by atoms with E-state index in [1.165, 1.54) is 0 Å². The van der Waals surface area contributed by atoms with Crippen LogP contribution < -0.4 is 5.73 Å². The Balaban J connectivity index is 2.12. The molecule has 0 aromatic carbocycles. The first-order valence-corrected chi connectivity index (χ1v) is 5.28. The Labute approximate surface area is 84.4 Å². The summed E-state index contributed by atoms with van der Waals surface area (Å²) in [5.74, 6) is 0.101. The van der Waals surface area contributed by atoms with E-state index in [1.807, 2.05) is 4.90 Å². The normalized spacial score (nSPS) is 39.1. The van der Waals surface area contributed by atoms with Crippen LogP contribution in [0.1, 0.15) is 26.2 Å². The Morgan fingerprint density at radius 3 is 3.07 bits per heavy atom. The van der Waals surface area contributed by atoms with E-state index < -0.39 is 0 Å². The van der Waals surface area contributed by atoms with Crippen LogP contribution in [0.3, 0.4) is 0 Å². The Kier molecular flexibility index (Phi) is 2.49. The van der Waals surface area contributed by atoms with Crippen LogP contribution in [0.5, 0.6) is 0 Å². The maximum atomic E-state index is 11.9. The van der Waals surface area contributed by atoms with Gasteiger partial charge in [-0.2, -0.15) is 0 Å². The number of nitrogens with zero attached hydrogens (tertiary/aromatic N) is 1. The summed E-state index contributed by atoms with van der Waals surface area (Å²) >= 11 is 0. The third kappa shape index (κ3) is 1.53. The molecule has 2 aliphatic rings. The minimum absolute atomic E-state index is 0.101. The van der Waals surface area contributed by atoms with E-state index in [0.717, 1.165) is 32.4 Å². The zero-order valence-corrected chi connectivity index (χ0v) is 8.66. The Morgan fingerprint density at radius 2 is 2.43 bits per heavy atom. The van der Waals surface area contributed by atoms with Crippen LogP contribution in [0.2, 0.25) is 0 Å². The van der Waals surface area contributed by atoms with Gasteiger partial charge in [0.05, 0.1) is 18.2 Å². The summed E-state index contributed by atoms with van der Waals surface area (Å²) in [7, 11) is 0. The van der Waals surface area contributed by atoms with Gasteiger partial charge in [-0.15, -0.1) is 0 Å². The quantitative estimate of drug-likeness (QED) is 0.651. The lowest BCUT2D eigenvalue weighted by Gasteiger charge is -2.41. The standard InChI is InChI=1S/C10H18N2O2/c1-10(4-6-14-7-10)12-5-2-3-8(11)9(12)13/h8H,2-7,11H2,1H3. The van der Waals surface area contributed by atoms with Crippen LogP contribution >= 0.6 is 0 Å². The third-order valence-electron chi connectivity index (χ3n) is 3.33. The number of carbonyl (C=O) groups excluding carboxylic acids is 1. The predicted molar refractivity (Wildman–Crippen MR) is 52.8 cm³/mol. The Bertz CT molecular complexity index is 236. The summed E-state index contributed by atoms with van der Waals surface area (Å²) in [5.41, 5.74) is 5.66. The molecule has 0 aliphatic carbocycles. The molecule has 4 nitrogen and oxygen atoms in total. The maximum absolute atomic E-state index is 11.9. The molecule has 80 valence electrons. The topological polar surface area (TPSA) is 55.6 Å². The average Bonchev–Trinajstić information content (AvgIpc) is 2.58. The second-order valence-electron chi connectivity index (χ2n) is 4.54. The van der Waals surface area contributed by atoms with E-state index in [-0.39, 0.29) is 17.5 Å². The summed E-state index contributed by atoms with van der Waals surface area (Å²) in [6.07, 6.45) is 2.78. The number of amides is 1. The number of ether oxygens (including phenoxy) is 1. The van der Waals surface area contributed by atoms with Crippen LogP contribution in [0, 0.1) is 0 Å². The van der Waals surface area contributed by atoms with E-state index in [2.05, 4.69) is 6.92 Å². The van der Waals surface area contributed by atoms with Gasteiger partial charge in [-0.25, -0.2) is 0 Å². The number of hydrogen-bond donors (Lipinski definition) is 1. The minimum atomic E-state index is -0.291. The summed E-state index contributed by atoms with van der Waals surface area (Å²) in [5, 5.41) is 0. The zero-order valence-electron chi connectivity index (χ0n) is 8.66. The lowest BCUT2D eigenvalue weighted by atomic mass is 9.94. The van der Waals surface area contributed by atoms with Crippen molar-refractivity contribution in [2.45, 2.75) is 37.8 Å². The van der Waals surface area contributed by atoms with Gasteiger partial charge in [0, 0.05) is 13.2 Å². The van der Waals surface area contributed by atoms with Crippen molar-refractivity contribution >= 4 is 5.91 Å². The van der Waals surface area contributed by atoms with Gasteiger partial charge >= 0.3 is 0 Å². The summed E-state index contributed by atoms with van der Waals surface area (Å²) in [6, 6.07) is -0.291. The van der Waals surface area contributed by atoms with Crippen LogP contribution in [-0.4, -0.2) is 42.1 Å². The van der Waals surface area contributed by atoms with Gasteiger partial charge in [-0.05, 0) is 26.2 Å². The Morgan fingerprint density at radius 1 is 1.64 bits per heavy atom. The highest BCUT2D eigenvalue weighted by atomic mass is 16.5. The van der Waals surface area contributed by atoms with Gasteiger partial charge in [0.1, 0.15) is 0 Å². The maximum Gasteiger partial charge on any atom is 0.240 e. The molecule has 2 saturated heterocycles. The molecule has 2 rings (SSSR count). The number of rotatable bonds is 1. The first-order valence-electron chi connectivity index (χ1n) is 5.28. The van der Waals surface area contributed by atoms with E-state index >= 15 is 0 Å². The van der Waals surface area contributed by atoms with Crippen molar-refractivity contribution < 1.29 is 9.53 Å². The monoisotopic (exact) mass is 198 g/mol. The lowest BCUT2D eigenvalue weighted by Crippen LogP contribution is -2.58. The van der Waals surface area contributed by atoms with Gasteiger partial charge in [0.2, 0.25) is 5.91 Å². The SMILES string of the molecule is CC1(N2CCCC(N)C2=O)CCOC1. The van der Waals surface area contributed by atoms with Crippen molar-refractivity contribution in [2.24, 2.45) is 5.73 Å². The second-order valence-corrected chi connectivity index (χ2v) is 4.54. The molecule has 0 saturated carbocycles. The van der Waals surface area contributed by atoms with Crippen LogP contribution in [0.4, 0.5) is 0 Å². The molecule has 2 atom stereocenters. The smallest absolute Gasteiger partial charge is 0.240 e. The molecule has 0 aromatic heterocycles. The molecule has 0 aromatic rings. The van der Waals surface area contributed by atoms with Gasteiger partial charge in [-0.3, -0.25) is 4.79 Å². The lowest BCUT2D eigenvalue weighted by molar-refractivity contribution is -0.141.